The third kappa shape index (κ3) is 1.92. The van der Waals surface area contributed by atoms with Crippen molar-refractivity contribution < 1.29 is 10.2 Å². The molecule has 0 aromatic heterocycles. The highest BCUT2D eigenvalue weighted by atomic mass is 16.3. The van der Waals surface area contributed by atoms with Crippen LogP contribution >= 0.6 is 0 Å². The number of aromatic hydroxyl groups is 1. The van der Waals surface area contributed by atoms with Crippen LogP contribution < -0.4 is 0 Å². The van der Waals surface area contributed by atoms with Crippen LogP contribution in [0.3, 0.4) is 0 Å². The van der Waals surface area contributed by atoms with E-state index < -0.39 is 6.10 Å². The predicted octanol–water partition coefficient (Wildman–Crippen LogP) is 3.15. The molecule has 0 aliphatic heterocycles. The number of phenolic OH excluding ortho intramolecular Hbond substituents is 1. The van der Waals surface area contributed by atoms with Gasteiger partial charge in [0.25, 0.3) is 0 Å². The van der Waals surface area contributed by atoms with E-state index in [1.54, 1.807) is 19.1 Å². The van der Waals surface area contributed by atoms with Crippen LogP contribution in [0.5, 0.6) is 5.75 Å². The van der Waals surface area contributed by atoms with E-state index in [0.29, 0.717) is 0 Å². The minimum Gasteiger partial charge on any atom is -0.508 e. The Labute approximate surface area is 94.5 Å². The topological polar surface area (TPSA) is 40.5 Å². The van der Waals surface area contributed by atoms with E-state index in [0.717, 1.165) is 21.9 Å². The second-order valence-electron chi connectivity index (χ2n) is 4.04. The average Bonchev–Trinajstić information content (AvgIpc) is 2.27. The van der Waals surface area contributed by atoms with E-state index in [1.165, 1.54) is 0 Å². The zero-order valence-electron chi connectivity index (χ0n) is 9.14. The summed E-state index contributed by atoms with van der Waals surface area (Å²) in [7, 11) is 0. The lowest BCUT2D eigenvalue weighted by atomic mass is 10.00. The quantitative estimate of drug-likeness (QED) is 0.754. The summed E-state index contributed by atoms with van der Waals surface area (Å²) in [6.07, 6.45) is -0.627. The number of fused-ring (bicyclic) bond motifs is 1. The van der Waals surface area contributed by atoms with Crippen molar-refractivity contribution in [3.05, 3.63) is 54.1 Å². The van der Waals surface area contributed by atoms with Gasteiger partial charge in [0.2, 0.25) is 0 Å². The standard InChI is InChI=1S/C14H14O2/c1-9(2)14(16)12-4-3-11-8-13(15)6-5-10(11)7-12/h3-8,14-16H,1H2,2H3. The van der Waals surface area contributed by atoms with Gasteiger partial charge in [-0.2, -0.15) is 0 Å². The normalized spacial score (nSPS) is 12.6. The van der Waals surface area contributed by atoms with E-state index in [1.807, 2.05) is 24.3 Å². The third-order valence-corrected chi connectivity index (χ3v) is 2.63. The molecule has 0 fully saturated rings. The summed E-state index contributed by atoms with van der Waals surface area (Å²) in [5.41, 5.74) is 1.55. The van der Waals surface area contributed by atoms with Gasteiger partial charge in [0.05, 0.1) is 6.10 Å². The molecule has 0 aliphatic rings. The molecular formula is C14H14O2. The molecule has 2 rings (SSSR count). The molecule has 2 N–H and O–H groups in total. The molecule has 2 aromatic rings. The van der Waals surface area contributed by atoms with Crippen LogP contribution in [0, 0.1) is 0 Å². The van der Waals surface area contributed by atoms with Gasteiger partial charge in [0.1, 0.15) is 5.75 Å². The molecule has 2 heteroatoms. The zero-order chi connectivity index (χ0) is 11.7. The molecule has 82 valence electrons. The maximum Gasteiger partial charge on any atom is 0.116 e. The van der Waals surface area contributed by atoms with Gasteiger partial charge in [-0.05, 0) is 47.0 Å². The lowest BCUT2D eigenvalue weighted by Gasteiger charge is -2.11. The van der Waals surface area contributed by atoms with Gasteiger partial charge < -0.3 is 10.2 Å². The fourth-order valence-corrected chi connectivity index (χ4v) is 1.71. The van der Waals surface area contributed by atoms with Crippen LogP contribution in [0.4, 0.5) is 0 Å². The Morgan fingerprint density at radius 2 is 1.75 bits per heavy atom. The second kappa shape index (κ2) is 3.99. The summed E-state index contributed by atoms with van der Waals surface area (Å²) in [5.74, 6) is 0.251. The molecule has 16 heavy (non-hydrogen) atoms. The van der Waals surface area contributed by atoms with E-state index in [-0.39, 0.29) is 5.75 Å². The monoisotopic (exact) mass is 214 g/mol. The lowest BCUT2D eigenvalue weighted by molar-refractivity contribution is 0.216. The third-order valence-electron chi connectivity index (χ3n) is 2.63. The Morgan fingerprint density at radius 3 is 2.44 bits per heavy atom. The summed E-state index contributed by atoms with van der Waals surface area (Å²) in [6.45, 7) is 5.53. The fourth-order valence-electron chi connectivity index (χ4n) is 1.71. The van der Waals surface area contributed by atoms with Crippen molar-refractivity contribution in [3.63, 3.8) is 0 Å². The van der Waals surface area contributed by atoms with Gasteiger partial charge in [0.15, 0.2) is 0 Å². The molecule has 1 atom stereocenters. The maximum atomic E-state index is 9.86. The summed E-state index contributed by atoms with van der Waals surface area (Å²) in [4.78, 5) is 0. The molecular weight excluding hydrogens is 200 g/mol. The zero-order valence-corrected chi connectivity index (χ0v) is 9.14. The Morgan fingerprint density at radius 1 is 1.12 bits per heavy atom. The van der Waals surface area contributed by atoms with Crippen LogP contribution in [-0.2, 0) is 0 Å². The highest BCUT2D eigenvalue weighted by molar-refractivity contribution is 5.84. The number of aliphatic hydroxyl groups excluding tert-OH is 1. The van der Waals surface area contributed by atoms with Crippen molar-refractivity contribution in [1.82, 2.24) is 0 Å². The number of phenols is 1. The van der Waals surface area contributed by atoms with E-state index in [9.17, 15) is 10.2 Å². The largest absolute Gasteiger partial charge is 0.508 e. The van der Waals surface area contributed by atoms with Crippen molar-refractivity contribution in [2.75, 3.05) is 0 Å². The van der Waals surface area contributed by atoms with E-state index in [2.05, 4.69) is 6.58 Å². The fraction of sp³-hybridized carbons (Fsp3) is 0.143. The first-order valence-corrected chi connectivity index (χ1v) is 5.14. The molecule has 0 saturated carbocycles. The van der Waals surface area contributed by atoms with Crippen molar-refractivity contribution in [1.29, 1.82) is 0 Å². The molecule has 0 saturated heterocycles. The molecule has 2 aromatic carbocycles. The summed E-state index contributed by atoms with van der Waals surface area (Å²) in [6, 6.07) is 10.8. The maximum absolute atomic E-state index is 9.86. The Kier molecular flexibility index (Phi) is 2.67. The lowest BCUT2D eigenvalue weighted by Crippen LogP contribution is -1.97. The number of hydrogen-bond acceptors (Lipinski definition) is 2. The van der Waals surface area contributed by atoms with Gasteiger partial charge in [0, 0.05) is 0 Å². The van der Waals surface area contributed by atoms with Gasteiger partial charge in [-0.1, -0.05) is 24.8 Å². The highest BCUT2D eigenvalue weighted by Gasteiger charge is 2.08. The van der Waals surface area contributed by atoms with Crippen molar-refractivity contribution in [3.8, 4) is 5.75 Å². The Bertz CT molecular complexity index is 543. The van der Waals surface area contributed by atoms with Crippen molar-refractivity contribution in [2.24, 2.45) is 0 Å². The van der Waals surface area contributed by atoms with Gasteiger partial charge in [-0.3, -0.25) is 0 Å². The van der Waals surface area contributed by atoms with Crippen LogP contribution in [-0.4, -0.2) is 10.2 Å². The molecule has 0 spiro atoms. The first-order valence-electron chi connectivity index (χ1n) is 5.14. The van der Waals surface area contributed by atoms with Crippen LogP contribution in [0.1, 0.15) is 18.6 Å². The Hall–Kier alpha value is -1.80. The van der Waals surface area contributed by atoms with E-state index >= 15 is 0 Å². The van der Waals surface area contributed by atoms with Crippen LogP contribution in [0.15, 0.2) is 48.6 Å². The minimum atomic E-state index is -0.627. The van der Waals surface area contributed by atoms with Gasteiger partial charge in [-0.25, -0.2) is 0 Å². The molecule has 0 amide bonds. The SMILES string of the molecule is C=C(C)C(O)c1ccc2cc(O)ccc2c1. The average molecular weight is 214 g/mol. The summed E-state index contributed by atoms with van der Waals surface area (Å²) >= 11 is 0. The number of rotatable bonds is 2. The molecule has 1 unspecified atom stereocenters. The number of hydrogen-bond donors (Lipinski definition) is 2. The number of aliphatic hydroxyl groups is 1. The first kappa shape index (κ1) is 10.7. The summed E-state index contributed by atoms with van der Waals surface area (Å²) in [5, 5.41) is 21.1. The molecule has 0 radical (unpaired) electrons. The molecule has 2 nitrogen and oxygen atoms in total. The number of benzene rings is 2. The van der Waals surface area contributed by atoms with Crippen LogP contribution in [0.25, 0.3) is 10.8 Å². The highest BCUT2D eigenvalue weighted by Crippen LogP contribution is 2.26. The van der Waals surface area contributed by atoms with Crippen LogP contribution in [0.2, 0.25) is 0 Å². The molecule has 0 aliphatic carbocycles. The van der Waals surface area contributed by atoms with Gasteiger partial charge >= 0.3 is 0 Å². The predicted molar refractivity (Wildman–Crippen MR) is 65.4 cm³/mol. The molecule has 0 bridgehead atoms. The second-order valence-corrected chi connectivity index (χ2v) is 4.04. The van der Waals surface area contributed by atoms with E-state index in [4.69, 9.17) is 0 Å². The minimum absolute atomic E-state index is 0.251. The van der Waals surface area contributed by atoms with Gasteiger partial charge in [-0.15, -0.1) is 0 Å². The smallest absolute Gasteiger partial charge is 0.116 e. The summed E-state index contributed by atoms with van der Waals surface area (Å²) < 4.78 is 0. The first-order chi connectivity index (χ1) is 7.58. The van der Waals surface area contributed by atoms with Crippen molar-refractivity contribution in [2.45, 2.75) is 13.0 Å². The molecule has 0 heterocycles. The Balaban J connectivity index is 2.52. The van der Waals surface area contributed by atoms with Crippen molar-refractivity contribution >= 4 is 10.8 Å².